The van der Waals surface area contributed by atoms with Gasteiger partial charge in [-0.05, 0) is 18.8 Å². The summed E-state index contributed by atoms with van der Waals surface area (Å²) in [5.41, 5.74) is 0. The first-order valence-corrected chi connectivity index (χ1v) is 8.74. The summed E-state index contributed by atoms with van der Waals surface area (Å²) in [7, 11) is -3.19. The Labute approximate surface area is 119 Å². The minimum atomic E-state index is -3.19. The third kappa shape index (κ3) is 4.17. The maximum Gasteiger partial charge on any atom is 0.227 e. The predicted molar refractivity (Wildman–Crippen MR) is 73.3 cm³/mol. The van der Waals surface area contributed by atoms with Crippen LogP contribution in [0.4, 0.5) is 0 Å². The zero-order chi connectivity index (χ0) is 14.8. The van der Waals surface area contributed by atoms with E-state index < -0.39 is 10.0 Å². The molecule has 0 aromatic rings. The molecule has 2 aliphatic rings. The summed E-state index contributed by atoms with van der Waals surface area (Å²) in [4.78, 5) is 25.2. The summed E-state index contributed by atoms with van der Waals surface area (Å²) in [6.07, 6.45) is 3.18. The molecule has 20 heavy (non-hydrogen) atoms. The number of amides is 2. The smallest absolute Gasteiger partial charge is 0.227 e. The fourth-order valence-corrected chi connectivity index (χ4v) is 3.28. The quantitative estimate of drug-likeness (QED) is 0.690. The van der Waals surface area contributed by atoms with Crippen LogP contribution in [0.3, 0.4) is 0 Å². The lowest BCUT2D eigenvalue weighted by Crippen LogP contribution is -2.46. The lowest BCUT2D eigenvalue weighted by Gasteiger charge is -2.34. The van der Waals surface area contributed by atoms with E-state index in [1.54, 1.807) is 4.90 Å². The first-order valence-electron chi connectivity index (χ1n) is 6.85. The maximum atomic E-state index is 12.3. The number of piperidine rings is 1. The second-order valence-corrected chi connectivity index (χ2v) is 7.45. The first-order chi connectivity index (χ1) is 9.35. The third-order valence-electron chi connectivity index (χ3n) is 3.79. The number of nitrogens with zero attached hydrogens (tertiary/aromatic N) is 1. The average Bonchev–Trinajstić information content (AvgIpc) is 2.82. The van der Waals surface area contributed by atoms with Gasteiger partial charge in [-0.15, -0.1) is 0 Å². The fraction of sp³-hybridized carbons (Fsp3) is 0.833. The molecule has 2 rings (SSSR count). The van der Waals surface area contributed by atoms with Crippen LogP contribution < -0.4 is 10.0 Å². The van der Waals surface area contributed by atoms with Crippen LogP contribution in [0, 0.1) is 11.8 Å². The largest absolute Gasteiger partial charge is 0.355 e. The van der Waals surface area contributed by atoms with E-state index >= 15 is 0 Å². The van der Waals surface area contributed by atoms with E-state index in [1.165, 1.54) is 0 Å². The molecular weight excluding hydrogens is 282 g/mol. The molecular formula is C12H21N3O4S. The molecule has 0 saturated carbocycles. The van der Waals surface area contributed by atoms with E-state index in [1.807, 2.05) is 0 Å². The predicted octanol–water partition coefficient (Wildman–Crippen LogP) is -1.09. The van der Waals surface area contributed by atoms with Crippen molar-refractivity contribution in [2.24, 2.45) is 11.8 Å². The summed E-state index contributed by atoms with van der Waals surface area (Å²) in [6.45, 7) is 2.04. The van der Waals surface area contributed by atoms with Crippen molar-refractivity contribution >= 4 is 21.8 Å². The number of hydrogen-bond acceptors (Lipinski definition) is 4. The molecule has 2 atom stereocenters. The molecule has 0 radical (unpaired) electrons. The van der Waals surface area contributed by atoms with Crippen LogP contribution in [0.15, 0.2) is 0 Å². The molecule has 0 aliphatic carbocycles. The molecule has 114 valence electrons. The van der Waals surface area contributed by atoms with E-state index in [0.717, 1.165) is 19.1 Å². The maximum absolute atomic E-state index is 12.3. The van der Waals surface area contributed by atoms with Gasteiger partial charge in [0, 0.05) is 32.6 Å². The van der Waals surface area contributed by atoms with E-state index in [2.05, 4.69) is 10.0 Å². The van der Waals surface area contributed by atoms with Gasteiger partial charge in [-0.1, -0.05) is 0 Å². The number of carbonyl (C=O) groups is 2. The number of rotatable bonds is 4. The lowest BCUT2D eigenvalue weighted by atomic mass is 9.96. The Morgan fingerprint density at radius 3 is 2.85 bits per heavy atom. The molecule has 0 aromatic carbocycles. The van der Waals surface area contributed by atoms with Crippen LogP contribution in [0.2, 0.25) is 0 Å². The molecule has 2 fully saturated rings. The minimum absolute atomic E-state index is 0.00686. The number of carbonyl (C=O) groups excluding carboxylic acids is 2. The number of hydrogen-bond donors (Lipinski definition) is 2. The van der Waals surface area contributed by atoms with Crippen LogP contribution in [-0.2, 0) is 19.6 Å². The van der Waals surface area contributed by atoms with Crippen molar-refractivity contribution < 1.29 is 18.0 Å². The van der Waals surface area contributed by atoms with E-state index in [-0.39, 0.29) is 30.1 Å². The molecule has 0 spiro atoms. The molecule has 2 heterocycles. The van der Waals surface area contributed by atoms with Crippen molar-refractivity contribution in [2.45, 2.75) is 19.3 Å². The molecule has 8 heteroatoms. The van der Waals surface area contributed by atoms with Gasteiger partial charge in [-0.2, -0.15) is 0 Å². The number of sulfonamides is 1. The van der Waals surface area contributed by atoms with Gasteiger partial charge in [0.25, 0.3) is 0 Å². The van der Waals surface area contributed by atoms with Crippen LogP contribution >= 0.6 is 0 Å². The standard InChI is InChI=1S/C12H21N3O4S/c1-20(18,19)14-6-9-3-2-4-15(8-9)12(17)10-5-11(16)13-7-10/h9-10,14H,2-8H2,1H3,(H,13,16). The van der Waals surface area contributed by atoms with E-state index in [0.29, 0.717) is 26.2 Å². The minimum Gasteiger partial charge on any atom is -0.355 e. The van der Waals surface area contributed by atoms with Crippen LogP contribution in [0.1, 0.15) is 19.3 Å². The molecule has 7 nitrogen and oxygen atoms in total. The summed E-state index contributed by atoms with van der Waals surface area (Å²) in [5, 5.41) is 2.67. The highest BCUT2D eigenvalue weighted by atomic mass is 32.2. The van der Waals surface area contributed by atoms with Crippen molar-refractivity contribution in [3.05, 3.63) is 0 Å². The highest BCUT2D eigenvalue weighted by Crippen LogP contribution is 2.20. The molecule has 0 bridgehead atoms. The monoisotopic (exact) mass is 303 g/mol. The molecule has 2 N–H and O–H groups in total. The second-order valence-electron chi connectivity index (χ2n) is 5.62. The van der Waals surface area contributed by atoms with Crippen molar-refractivity contribution in [3.63, 3.8) is 0 Å². The van der Waals surface area contributed by atoms with E-state index in [9.17, 15) is 18.0 Å². The zero-order valence-corrected chi connectivity index (χ0v) is 12.4. The van der Waals surface area contributed by atoms with Gasteiger partial charge in [-0.3, -0.25) is 9.59 Å². The Balaban J connectivity index is 1.86. The van der Waals surface area contributed by atoms with Gasteiger partial charge in [-0.25, -0.2) is 13.1 Å². The first kappa shape index (κ1) is 15.2. The molecule has 0 aromatic heterocycles. The second kappa shape index (κ2) is 6.09. The zero-order valence-electron chi connectivity index (χ0n) is 11.6. The van der Waals surface area contributed by atoms with Gasteiger partial charge < -0.3 is 10.2 Å². The molecule has 2 amide bonds. The van der Waals surface area contributed by atoms with Crippen molar-refractivity contribution in [1.82, 2.24) is 14.9 Å². The Kier molecular flexibility index (Phi) is 4.64. The average molecular weight is 303 g/mol. The summed E-state index contributed by atoms with van der Waals surface area (Å²) >= 11 is 0. The van der Waals surface area contributed by atoms with Gasteiger partial charge in [0.1, 0.15) is 0 Å². The van der Waals surface area contributed by atoms with Gasteiger partial charge in [0.05, 0.1) is 12.2 Å². The van der Waals surface area contributed by atoms with Gasteiger partial charge in [0.2, 0.25) is 21.8 Å². The Hall–Kier alpha value is -1.15. The Bertz CT molecular complexity index is 491. The van der Waals surface area contributed by atoms with Crippen molar-refractivity contribution in [2.75, 3.05) is 32.4 Å². The van der Waals surface area contributed by atoms with Crippen LogP contribution in [-0.4, -0.2) is 57.6 Å². The third-order valence-corrected chi connectivity index (χ3v) is 4.48. The molecule has 2 aliphatic heterocycles. The lowest BCUT2D eigenvalue weighted by molar-refractivity contribution is -0.137. The van der Waals surface area contributed by atoms with Gasteiger partial charge >= 0.3 is 0 Å². The summed E-state index contributed by atoms with van der Waals surface area (Å²) in [5.74, 6) is -0.181. The fourth-order valence-electron chi connectivity index (χ4n) is 2.74. The van der Waals surface area contributed by atoms with Gasteiger partial charge in [0.15, 0.2) is 0 Å². The van der Waals surface area contributed by atoms with Crippen LogP contribution in [0.25, 0.3) is 0 Å². The Morgan fingerprint density at radius 2 is 2.25 bits per heavy atom. The molecule has 2 unspecified atom stereocenters. The highest BCUT2D eigenvalue weighted by molar-refractivity contribution is 7.88. The number of nitrogens with one attached hydrogen (secondary N) is 2. The van der Waals surface area contributed by atoms with Crippen molar-refractivity contribution in [1.29, 1.82) is 0 Å². The topological polar surface area (TPSA) is 95.6 Å². The van der Waals surface area contributed by atoms with Crippen molar-refractivity contribution in [3.8, 4) is 0 Å². The summed E-state index contributed by atoms with van der Waals surface area (Å²) < 4.78 is 24.7. The summed E-state index contributed by atoms with van der Waals surface area (Å²) in [6, 6.07) is 0. The highest BCUT2D eigenvalue weighted by Gasteiger charge is 2.33. The molecule has 2 saturated heterocycles. The number of likely N-dealkylation sites (tertiary alicyclic amines) is 1. The normalized spacial score (nSPS) is 27.4. The SMILES string of the molecule is CS(=O)(=O)NCC1CCCN(C(=O)C2CNC(=O)C2)C1. The van der Waals surface area contributed by atoms with Crippen LogP contribution in [0.5, 0.6) is 0 Å². The Morgan fingerprint density at radius 1 is 1.50 bits per heavy atom. The van der Waals surface area contributed by atoms with E-state index in [4.69, 9.17) is 0 Å².